The van der Waals surface area contributed by atoms with Gasteiger partial charge in [-0.15, -0.1) is 11.3 Å². The summed E-state index contributed by atoms with van der Waals surface area (Å²) >= 11 is 7.04. The van der Waals surface area contributed by atoms with Gasteiger partial charge in [0.1, 0.15) is 0 Å². The molecule has 0 spiro atoms. The number of halogens is 4. The van der Waals surface area contributed by atoms with Crippen LogP contribution >= 0.6 is 22.9 Å². The summed E-state index contributed by atoms with van der Waals surface area (Å²) in [6, 6.07) is 6.15. The van der Waals surface area contributed by atoms with Crippen molar-refractivity contribution < 1.29 is 26.4 Å². The summed E-state index contributed by atoms with van der Waals surface area (Å²) in [5.74, 6) is -0.360. The summed E-state index contributed by atoms with van der Waals surface area (Å²) in [6.07, 6.45) is -4.24. The molecule has 1 aromatic carbocycles. The van der Waals surface area contributed by atoms with E-state index in [9.17, 15) is 26.4 Å². The number of thiophene rings is 1. The third-order valence-electron chi connectivity index (χ3n) is 3.47. The van der Waals surface area contributed by atoms with Gasteiger partial charge in [-0.05, 0) is 36.1 Å². The smallest absolute Gasteiger partial charge is 0.356 e. The van der Waals surface area contributed by atoms with Gasteiger partial charge in [-0.25, -0.2) is 13.1 Å². The maximum atomic E-state index is 12.8. The first-order valence-electron chi connectivity index (χ1n) is 7.75. The van der Waals surface area contributed by atoms with E-state index in [2.05, 4.69) is 10.0 Å². The zero-order valence-electron chi connectivity index (χ0n) is 13.8. The van der Waals surface area contributed by atoms with E-state index < -0.39 is 31.7 Å². The van der Waals surface area contributed by atoms with Gasteiger partial charge in [-0.3, -0.25) is 4.79 Å². The Hall–Kier alpha value is -1.62. The molecule has 11 heteroatoms. The number of hydrogen-bond donors (Lipinski definition) is 2. The summed E-state index contributed by atoms with van der Waals surface area (Å²) in [5, 5.41) is 3.98. The van der Waals surface area contributed by atoms with Crippen molar-refractivity contribution in [3.05, 3.63) is 51.2 Å². The lowest BCUT2D eigenvalue weighted by Gasteiger charge is -2.12. The predicted molar refractivity (Wildman–Crippen MR) is 97.3 cm³/mol. The summed E-state index contributed by atoms with van der Waals surface area (Å²) in [7, 11) is -4.20. The van der Waals surface area contributed by atoms with Gasteiger partial charge in [-0.2, -0.15) is 13.2 Å². The lowest BCUT2D eigenvalue weighted by molar-refractivity contribution is -0.137. The lowest BCUT2D eigenvalue weighted by Crippen LogP contribution is -2.31. The Morgan fingerprint density at radius 1 is 1.19 bits per heavy atom. The Labute approximate surface area is 163 Å². The highest BCUT2D eigenvalue weighted by molar-refractivity contribution is 7.89. The second-order valence-corrected chi connectivity index (χ2v) is 8.67. The van der Waals surface area contributed by atoms with Crippen LogP contribution in [0.4, 0.5) is 13.2 Å². The van der Waals surface area contributed by atoms with Crippen molar-refractivity contribution in [2.24, 2.45) is 0 Å². The van der Waals surface area contributed by atoms with Gasteiger partial charge in [0, 0.05) is 24.4 Å². The van der Waals surface area contributed by atoms with Crippen LogP contribution in [-0.2, 0) is 27.4 Å². The molecule has 0 aliphatic carbocycles. The van der Waals surface area contributed by atoms with Crippen LogP contribution in [0.15, 0.2) is 40.6 Å². The van der Waals surface area contributed by atoms with Crippen molar-refractivity contribution in [2.45, 2.75) is 23.9 Å². The molecule has 0 bridgehead atoms. The van der Waals surface area contributed by atoms with Crippen molar-refractivity contribution in [1.29, 1.82) is 0 Å². The standard InChI is InChI=1S/C16H16ClF3N2O3S2/c17-14-4-3-12(10-13(14)16(18,19)20)27(24,25)22-8-6-15(23)21-7-5-11-2-1-9-26-11/h1-4,9-10,22H,5-8H2,(H,21,23). The third kappa shape index (κ3) is 6.49. The van der Waals surface area contributed by atoms with Crippen LogP contribution in [0.1, 0.15) is 16.9 Å². The molecule has 5 nitrogen and oxygen atoms in total. The van der Waals surface area contributed by atoms with Gasteiger partial charge in [0.15, 0.2) is 0 Å². The average molecular weight is 441 g/mol. The van der Waals surface area contributed by atoms with Gasteiger partial charge in [0.05, 0.1) is 15.5 Å². The number of rotatable bonds is 8. The monoisotopic (exact) mass is 440 g/mol. The number of sulfonamides is 1. The molecule has 0 radical (unpaired) electrons. The molecule has 0 unspecified atom stereocenters. The Balaban J connectivity index is 1.86. The Bertz CT molecular complexity index is 885. The van der Waals surface area contributed by atoms with Gasteiger partial charge in [-0.1, -0.05) is 17.7 Å². The number of nitrogens with one attached hydrogen (secondary N) is 2. The summed E-state index contributed by atoms with van der Waals surface area (Å²) in [5.41, 5.74) is -1.24. The third-order valence-corrected chi connectivity index (χ3v) is 6.20. The normalized spacial score (nSPS) is 12.1. The molecule has 1 heterocycles. The number of alkyl halides is 3. The maximum absolute atomic E-state index is 12.8. The van der Waals surface area contributed by atoms with Crippen LogP contribution < -0.4 is 10.0 Å². The fourth-order valence-electron chi connectivity index (χ4n) is 2.14. The molecule has 1 aromatic heterocycles. The van der Waals surface area contributed by atoms with E-state index in [4.69, 9.17) is 11.6 Å². The number of amides is 1. The molecule has 0 aliphatic heterocycles. The highest BCUT2D eigenvalue weighted by Gasteiger charge is 2.34. The van der Waals surface area contributed by atoms with Crippen molar-refractivity contribution >= 4 is 38.9 Å². The largest absolute Gasteiger partial charge is 0.417 e. The van der Waals surface area contributed by atoms with Crippen molar-refractivity contribution in [2.75, 3.05) is 13.1 Å². The topological polar surface area (TPSA) is 75.3 Å². The minimum Gasteiger partial charge on any atom is -0.356 e. The van der Waals surface area contributed by atoms with Crippen molar-refractivity contribution in [3.8, 4) is 0 Å². The van der Waals surface area contributed by atoms with Crippen LogP contribution in [0.25, 0.3) is 0 Å². The quantitative estimate of drug-likeness (QED) is 0.660. The second kappa shape index (κ2) is 9.05. The van der Waals surface area contributed by atoms with E-state index in [0.29, 0.717) is 19.0 Å². The van der Waals surface area contributed by atoms with E-state index >= 15 is 0 Å². The van der Waals surface area contributed by atoms with Gasteiger partial charge >= 0.3 is 6.18 Å². The fraction of sp³-hybridized carbons (Fsp3) is 0.312. The van der Waals surface area contributed by atoms with Crippen LogP contribution in [0, 0.1) is 0 Å². The highest BCUT2D eigenvalue weighted by atomic mass is 35.5. The number of benzene rings is 1. The van der Waals surface area contributed by atoms with Gasteiger partial charge < -0.3 is 5.32 Å². The zero-order valence-corrected chi connectivity index (χ0v) is 16.2. The number of hydrogen-bond acceptors (Lipinski definition) is 4. The van der Waals surface area contributed by atoms with E-state index in [-0.39, 0.29) is 18.9 Å². The first-order valence-corrected chi connectivity index (χ1v) is 10.5. The van der Waals surface area contributed by atoms with E-state index in [1.807, 2.05) is 17.5 Å². The van der Waals surface area contributed by atoms with E-state index in [1.54, 1.807) is 11.3 Å². The molecule has 0 fully saturated rings. The summed E-state index contributed by atoms with van der Waals surface area (Å²) in [4.78, 5) is 12.3. The van der Waals surface area contributed by atoms with Crippen molar-refractivity contribution in [1.82, 2.24) is 10.0 Å². The fourth-order valence-corrected chi connectivity index (χ4v) is 4.13. The molecule has 1 amide bonds. The predicted octanol–water partition coefficient (Wildman–Crippen LogP) is 3.45. The minimum absolute atomic E-state index is 0.136. The first-order chi connectivity index (χ1) is 12.6. The Kier molecular flexibility index (Phi) is 7.26. The first kappa shape index (κ1) is 21.7. The maximum Gasteiger partial charge on any atom is 0.417 e. The van der Waals surface area contributed by atoms with Crippen LogP contribution in [0.5, 0.6) is 0 Å². The van der Waals surface area contributed by atoms with Crippen LogP contribution in [0.2, 0.25) is 5.02 Å². The van der Waals surface area contributed by atoms with Crippen LogP contribution in [-0.4, -0.2) is 27.4 Å². The van der Waals surface area contributed by atoms with Gasteiger partial charge in [0.2, 0.25) is 15.9 Å². The molecule has 27 heavy (non-hydrogen) atoms. The lowest BCUT2D eigenvalue weighted by atomic mass is 10.2. The molecular weight excluding hydrogens is 425 g/mol. The molecule has 148 valence electrons. The van der Waals surface area contributed by atoms with E-state index in [1.165, 1.54) is 0 Å². The summed E-state index contributed by atoms with van der Waals surface area (Å²) in [6.45, 7) is 0.176. The molecule has 2 aromatic rings. The highest BCUT2D eigenvalue weighted by Crippen LogP contribution is 2.35. The molecular formula is C16H16ClF3N2O3S2. The molecule has 0 atom stereocenters. The second-order valence-electron chi connectivity index (χ2n) is 5.47. The van der Waals surface area contributed by atoms with Gasteiger partial charge in [0.25, 0.3) is 0 Å². The molecule has 0 saturated carbocycles. The Morgan fingerprint density at radius 3 is 2.56 bits per heavy atom. The molecule has 0 saturated heterocycles. The molecule has 2 rings (SSSR count). The Morgan fingerprint density at radius 2 is 1.93 bits per heavy atom. The van der Waals surface area contributed by atoms with E-state index in [0.717, 1.165) is 17.0 Å². The zero-order chi connectivity index (χ0) is 20.1. The molecule has 0 aliphatic rings. The van der Waals surface area contributed by atoms with Crippen molar-refractivity contribution in [3.63, 3.8) is 0 Å². The molecule has 2 N–H and O–H groups in total. The number of carbonyl (C=O) groups excluding carboxylic acids is 1. The average Bonchev–Trinajstić information content (AvgIpc) is 3.07. The SMILES string of the molecule is O=C(CCNS(=O)(=O)c1ccc(Cl)c(C(F)(F)F)c1)NCCc1cccs1. The number of carbonyl (C=O) groups is 1. The summed E-state index contributed by atoms with van der Waals surface area (Å²) < 4.78 is 64.9. The van der Waals surface area contributed by atoms with Crippen LogP contribution in [0.3, 0.4) is 0 Å². The minimum atomic E-state index is -4.77.